The van der Waals surface area contributed by atoms with Crippen LogP contribution < -0.4 is 10.5 Å². The number of rotatable bonds is 6. The number of thiocarbonyl (C=S) groups is 1. The standard InChI is InChI=1S/C11H16N2O3S2/c1-8(7-16-2)13-18(14,15)10-5-3-9(4-6-10)11(12)17/h3-6,8,13H,7H2,1-2H3,(H2,12,17). The van der Waals surface area contributed by atoms with Crippen LogP contribution in [0.1, 0.15) is 12.5 Å². The van der Waals surface area contributed by atoms with Gasteiger partial charge in [-0.1, -0.05) is 24.4 Å². The Labute approximate surface area is 112 Å². The number of hydrogen-bond acceptors (Lipinski definition) is 4. The summed E-state index contributed by atoms with van der Waals surface area (Å²) in [5.41, 5.74) is 6.08. The predicted octanol–water partition coefficient (Wildman–Crippen LogP) is 0.634. The van der Waals surface area contributed by atoms with Crippen molar-refractivity contribution in [2.75, 3.05) is 13.7 Å². The topological polar surface area (TPSA) is 81.4 Å². The molecule has 7 heteroatoms. The maximum absolute atomic E-state index is 12.0. The minimum absolute atomic E-state index is 0.172. The van der Waals surface area contributed by atoms with E-state index in [1.54, 1.807) is 19.1 Å². The van der Waals surface area contributed by atoms with Gasteiger partial charge in [-0.3, -0.25) is 0 Å². The summed E-state index contributed by atoms with van der Waals surface area (Å²) in [4.78, 5) is 0.408. The second kappa shape index (κ2) is 6.24. The smallest absolute Gasteiger partial charge is 0.240 e. The van der Waals surface area contributed by atoms with E-state index in [4.69, 9.17) is 22.7 Å². The lowest BCUT2D eigenvalue weighted by atomic mass is 10.2. The van der Waals surface area contributed by atoms with Gasteiger partial charge >= 0.3 is 0 Å². The van der Waals surface area contributed by atoms with E-state index in [2.05, 4.69) is 4.72 Å². The Balaban J connectivity index is 2.88. The molecule has 18 heavy (non-hydrogen) atoms. The number of nitrogens with one attached hydrogen (secondary N) is 1. The van der Waals surface area contributed by atoms with Gasteiger partial charge in [-0.2, -0.15) is 0 Å². The van der Waals surface area contributed by atoms with Gasteiger partial charge in [-0.25, -0.2) is 13.1 Å². The molecule has 1 rings (SSSR count). The molecule has 0 aliphatic carbocycles. The molecule has 0 radical (unpaired) electrons. The Morgan fingerprint density at radius 1 is 1.44 bits per heavy atom. The summed E-state index contributed by atoms with van der Waals surface area (Å²) >= 11 is 4.80. The normalized spacial score (nSPS) is 13.2. The van der Waals surface area contributed by atoms with Crippen LogP contribution in [-0.2, 0) is 14.8 Å². The zero-order chi connectivity index (χ0) is 13.8. The molecule has 0 aliphatic heterocycles. The molecule has 0 saturated carbocycles. The third kappa shape index (κ3) is 4.02. The summed E-state index contributed by atoms with van der Waals surface area (Å²) in [5.74, 6) is 0. The van der Waals surface area contributed by atoms with Crippen molar-refractivity contribution in [2.45, 2.75) is 17.9 Å². The van der Waals surface area contributed by atoms with Gasteiger partial charge in [0.05, 0.1) is 11.5 Å². The van der Waals surface area contributed by atoms with E-state index < -0.39 is 10.0 Å². The monoisotopic (exact) mass is 288 g/mol. The van der Waals surface area contributed by atoms with E-state index in [0.717, 1.165) is 0 Å². The fraction of sp³-hybridized carbons (Fsp3) is 0.364. The molecule has 1 aromatic carbocycles. The molecule has 5 nitrogen and oxygen atoms in total. The number of sulfonamides is 1. The van der Waals surface area contributed by atoms with Crippen molar-refractivity contribution in [3.05, 3.63) is 29.8 Å². The zero-order valence-electron chi connectivity index (χ0n) is 10.2. The highest BCUT2D eigenvalue weighted by atomic mass is 32.2. The van der Waals surface area contributed by atoms with Gasteiger partial charge in [0, 0.05) is 18.7 Å². The predicted molar refractivity (Wildman–Crippen MR) is 74.0 cm³/mol. The molecule has 0 amide bonds. The van der Waals surface area contributed by atoms with E-state index in [9.17, 15) is 8.42 Å². The van der Waals surface area contributed by atoms with Crippen LogP contribution in [0.3, 0.4) is 0 Å². The van der Waals surface area contributed by atoms with Gasteiger partial charge in [0.2, 0.25) is 10.0 Å². The van der Waals surface area contributed by atoms with E-state index in [1.165, 1.54) is 19.2 Å². The molecule has 0 aromatic heterocycles. The Kier molecular flexibility index (Phi) is 5.21. The zero-order valence-corrected chi connectivity index (χ0v) is 11.8. The first-order chi connectivity index (χ1) is 8.36. The maximum atomic E-state index is 12.0. The second-order valence-corrected chi connectivity index (χ2v) is 6.02. The Hall–Kier alpha value is -1.02. The lowest BCUT2D eigenvalue weighted by molar-refractivity contribution is 0.180. The molecule has 3 N–H and O–H groups in total. The summed E-state index contributed by atoms with van der Waals surface area (Å²) in [6.45, 7) is 2.04. The summed E-state index contributed by atoms with van der Waals surface area (Å²) < 4.78 is 31.3. The van der Waals surface area contributed by atoms with Crippen molar-refractivity contribution in [1.82, 2.24) is 4.72 Å². The van der Waals surface area contributed by atoms with Crippen LogP contribution in [0.2, 0.25) is 0 Å². The molecule has 0 saturated heterocycles. The minimum Gasteiger partial charge on any atom is -0.389 e. The molecule has 1 unspecified atom stereocenters. The van der Waals surface area contributed by atoms with Crippen LogP contribution in [0, 0.1) is 0 Å². The van der Waals surface area contributed by atoms with Crippen molar-refractivity contribution in [2.24, 2.45) is 5.73 Å². The molecule has 1 aromatic rings. The van der Waals surface area contributed by atoms with E-state index in [-0.39, 0.29) is 15.9 Å². The van der Waals surface area contributed by atoms with Crippen molar-refractivity contribution in [3.8, 4) is 0 Å². The van der Waals surface area contributed by atoms with Crippen LogP contribution in [-0.4, -0.2) is 33.2 Å². The first-order valence-electron chi connectivity index (χ1n) is 5.28. The molecular weight excluding hydrogens is 272 g/mol. The number of hydrogen-bond donors (Lipinski definition) is 2. The highest BCUT2D eigenvalue weighted by Gasteiger charge is 2.17. The molecule has 0 aliphatic rings. The quantitative estimate of drug-likeness (QED) is 0.751. The number of methoxy groups -OCH3 is 1. The van der Waals surface area contributed by atoms with Gasteiger partial charge in [-0.15, -0.1) is 0 Å². The molecular formula is C11H16N2O3S2. The Morgan fingerprint density at radius 2 is 2.00 bits per heavy atom. The van der Waals surface area contributed by atoms with Gasteiger partial charge in [0.15, 0.2) is 0 Å². The lowest BCUT2D eigenvalue weighted by Crippen LogP contribution is -2.35. The average molecular weight is 288 g/mol. The average Bonchev–Trinajstić information content (AvgIpc) is 2.28. The van der Waals surface area contributed by atoms with Crippen molar-refractivity contribution in [1.29, 1.82) is 0 Å². The molecule has 0 spiro atoms. The first kappa shape index (κ1) is 15.0. The molecule has 100 valence electrons. The Bertz CT molecular complexity index is 512. The molecule has 0 heterocycles. The van der Waals surface area contributed by atoms with Crippen molar-refractivity contribution >= 4 is 27.2 Å². The summed E-state index contributed by atoms with van der Waals surface area (Å²) in [5, 5.41) is 0. The summed E-state index contributed by atoms with van der Waals surface area (Å²) in [6, 6.07) is 5.80. The third-order valence-corrected chi connectivity index (χ3v) is 4.06. The van der Waals surface area contributed by atoms with E-state index in [1.807, 2.05) is 0 Å². The number of benzene rings is 1. The minimum atomic E-state index is -3.54. The van der Waals surface area contributed by atoms with Gasteiger partial charge in [0.1, 0.15) is 4.99 Å². The van der Waals surface area contributed by atoms with Crippen LogP contribution in [0.25, 0.3) is 0 Å². The SMILES string of the molecule is COCC(C)NS(=O)(=O)c1ccc(C(N)=S)cc1. The van der Waals surface area contributed by atoms with Gasteiger partial charge < -0.3 is 10.5 Å². The van der Waals surface area contributed by atoms with Gasteiger partial charge in [0.25, 0.3) is 0 Å². The van der Waals surface area contributed by atoms with Gasteiger partial charge in [-0.05, 0) is 19.1 Å². The van der Waals surface area contributed by atoms with E-state index in [0.29, 0.717) is 12.2 Å². The third-order valence-electron chi connectivity index (χ3n) is 2.22. The summed E-state index contributed by atoms with van der Waals surface area (Å²) in [7, 11) is -2.02. The van der Waals surface area contributed by atoms with Crippen LogP contribution in [0.4, 0.5) is 0 Å². The fourth-order valence-electron chi connectivity index (χ4n) is 1.42. The van der Waals surface area contributed by atoms with Crippen molar-refractivity contribution in [3.63, 3.8) is 0 Å². The van der Waals surface area contributed by atoms with Crippen LogP contribution >= 0.6 is 12.2 Å². The lowest BCUT2D eigenvalue weighted by Gasteiger charge is -2.13. The largest absolute Gasteiger partial charge is 0.389 e. The maximum Gasteiger partial charge on any atom is 0.240 e. The van der Waals surface area contributed by atoms with Crippen LogP contribution in [0.5, 0.6) is 0 Å². The summed E-state index contributed by atoms with van der Waals surface area (Å²) in [6.07, 6.45) is 0. The number of nitrogens with two attached hydrogens (primary N) is 1. The molecule has 1 atom stereocenters. The highest BCUT2D eigenvalue weighted by Crippen LogP contribution is 2.11. The second-order valence-electron chi connectivity index (χ2n) is 3.87. The molecule has 0 bridgehead atoms. The van der Waals surface area contributed by atoms with Crippen molar-refractivity contribution < 1.29 is 13.2 Å². The highest BCUT2D eigenvalue weighted by molar-refractivity contribution is 7.89. The molecule has 0 fully saturated rings. The van der Waals surface area contributed by atoms with Crippen LogP contribution in [0.15, 0.2) is 29.2 Å². The Morgan fingerprint density at radius 3 is 2.44 bits per heavy atom. The number of ether oxygens (including phenoxy) is 1. The first-order valence-corrected chi connectivity index (χ1v) is 7.17. The fourth-order valence-corrected chi connectivity index (χ4v) is 2.78. The van der Waals surface area contributed by atoms with E-state index >= 15 is 0 Å².